The SMILES string of the molecule is CON1CCn2c(O)c(-c3c(C)cc(-c4ccc(F)cc4)cc3C)c(=O)n2CC1. The fourth-order valence-corrected chi connectivity index (χ4v) is 4.12. The van der Waals surface area contributed by atoms with Crippen molar-refractivity contribution in [2.24, 2.45) is 0 Å². The standard InChI is InChI=1S/C22H24FN3O3/c1-14-12-17(16-4-6-18(23)7-5-16)13-15(2)19(14)20-21(27)25-10-8-24(29-3)9-11-26(25)22(20)28/h4-7,12-13,27H,8-11H2,1-3H3. The van der Waals surface area contributed by atoms with Gasteiger partial charge in [0.05, 0.1) is 20.2 Å². The molecule has 4 rings (SSSR count). The van der Waals surface area contributed by atoms with Crippen LogP contribution in [0.1, 0.15) is 11.1 Å². The number of aromatic nitrogens is 2. The highest BCUT2D eigenvalue weighted by atomic mass is 19.1. The lowest BCUT2D eigenvalue weighted by atomic mass is 9.92. The van der Waals surface area contributed by atoms with Gasteiger partial charge < -0.3 is 9.94 Å². The van der Waals surface area contributed by atoms with Crippen LogP contribution in [0.15, 0.2) is 41.2 Å². The first-order valence-corrected chi connectivity index (χ1v) is 9.60. The van der Waals surface area contributed by atoms with Crippen LogP contribution in [0.3, 0.4) is 0 Å². The van der Waals surface area contributed by atoms with Crippen molar-refractivity contribution >= 4 is 0 Å². The maximum atomic E-state index is 13.2. The lowest BCUT2D eigenvalue weighted by Gasteiger charge is -2.15. The van der Waals surface area contributed by atoms with Gasteiger partial charge in [0.1, 0.15) is 11.4 Å². The molecule has 0 fully saturated rings. The Balaban J connectivity index is 1.80. The van der Waals surface area contributed by atoms with Gasteiger partial charge in [-0.2, -0.15) is 5.06 Å². The van der Waals surface area contributed by atoms with E-state index in [1.807, 2.05) is 26.0 Å². The lowest BCUT2D eigenvalue weighted by Crippen LogP contribution is -2.27. The normalized spacial score (nSPS) is 14.6. The summed E-state index contributed by atoms with van der Waals surface area (Å²) in [7, 11) is 1.60. The minimum Gasteiger partial charge on any atom is -0.493 e. The van der Waals surface area contributed by atoms with Crippen molar-refractivity contribution in [3.63, 3.8) is 0 Å². The topological polar surface area (TPSA) is 59.6 Å². The number of aromatic hydroxyl groups is 1. The number of hydrogen-bond donors (Lipinski definition) is 1. The van der Waals surface area contributed by atoms with Crippen molar-refractivity contribution in [2.45, 2.75) is 26.9 Å². The molecule has 2 heterocycles. The monoisotopic (exact) mass is 397 g/mol. The summed E-state index contributed by atoms with van der Waals surface area (Å²) in [6, 6.07) is 10.3. The van der Waals surface area contributed by atoms with E-state index in [0.29, 0.717) is 31.7 Å². The molecule has 1 aromatic heterocycles. The van der Waals surface area contributed by atoms with E-state index in [9.17, 15) is 14.3 Å². The summed E-state index contributed by atoms with van der Waals surface area (Å²) >= 11 is 0. The minimum absolute atomic E-state index is 0.0197. The molecule has 0 spiro atoms. The van der Waals surface area contributed by atoms with Gasteiger partial charge in [0, 0.05) is 13.1 Å². The van der Waals surface area contributed by atoms with Crippen LogP contribution < -0.4 is 5.56 Å². The van der Waals surface area contributed by atoms with Gasteiger partial charge in [0.25, 0.3) is 5.56 Å². The minimum atomic E-state index is -0.279. The molecule has 0 radical (unpaired) electrons. The molecule has 0 unspecified atom stereocenters. The number of rotatable bonds is 3. The van der Waals surface area contributed by atoms with Gasteiger partial charge in [-0.3, -0.25) is 4.79 Å². The third kappa shape index (κ3) is 3.36. The highest BCUT2D eigenvalue weighted by Crippen LogP contribution is 2.35. The van der Waals surface area contributed by atoms with E-state index in [2.05, 4.69) is 0 Å². The molecule has 7 heteroatoms. The Morgan fingerprint density at radius 1 is 0.897 bits per heavy atom. The van der Waals surface area contributed by atoms with E-state index in [1.54, 1.807) is 33.7 Å². The van der Waals surface area contributed by atoms with Crippen LogP contribution in [0.25, 0.3) is 22.3 Å². The van der Waals surface area contributed by atoms with Crippen LogP contribution in [0.5, 0.6) is 5.88 Å². The van der Waals surface area contributed by atoms with E-state index in [1.165, 1.54) is 12.1 Å². The second kappa shape index (κ2) is 7.50. The lowest BCUT2D eigenvalue weighted by molar-refractivity contribution is -0.130. The van der Waals surface area contributed by atoms with E-state index in [-0.39, 0.29) is 17.3 Å². The first-order valence-electron chi connectivity index (χ1n) is 9.60. The molecule has 152 valence electrons. The van der Waals surface area contributed by atoms with Gasteiger partial charge in [0.2, 0.25) is 5.88 Å². The van der Waals surface area contributed by atoms with E-state index in [0.717, 1.165) is 27.8 Å². The summed E-state index contributed by atoms with van der Waals surface area (Å²) in [5, 5.41) is 12.7. The van der Waals surface area contributed by atoms with Crippen molar-refractivity contribution in [1.29, 1.82) is 0 Å². The smallest absolute Gasteiger partial charge is 0.278 e. The highest BCUT2D eigenvalue weighted by Gasteiger charge is 2.26. The molecule has 0 saturated carbocycles. The molecular formula is C22H24FN3O3. The zero-order valence-electron chi connectivity index (χ0n) is 16.8. The molecule has 1 aliphatic heterocycles. The van der Waals surface area contributed by atoms with Crippen LogP contribution in [0.2, 0.25) is 0 Å². The average Bonchev–Trinajstić information content (AvgIpc) is 2.85. The Morgan fingerprint density at radius 3 is 2.07 bits per heavy atom. The molecule has 2 aromatic carbocycles. The maximum absolute atomic E-state index is 13.2. The number of fused-ring (bicyclic) bond motifs is 1. The molecule has 0 bridgehead atoms. The summed E-state index contributed by atoms with van der Waals surface area (Å²) in [5.41, 5.74) is 4.48. The summed E-state index contributed by atoms with van der Waals surface area (Å²) in [6.07, 6.45) is 0. The third-order valence-corrected chi connectivity index (χ3v) is 5.55. The van der Waals surface area contributed by atoms with Crippen molar-refractivity contribution in [3.05, 3.63) is 63.7 Å². The Morgan fingerprint density at radius 2 is 1.48 bits per heavy atom. The largest absolute Gasteiger partial charge is 0.493 e. The highest BCUT2D eigenvalue weighted by molar-refractivity contribution is 5.78. The number of hydrogen-bond acceptors (Lipinski definition) is 4. The molecule has 1 aliphatic rings. The molecule has 29 heavy (non-hydrogen) atoms. The molecule has 6 nitrogen and oxygen atoms in total. The summed E-state index contributed by atoms with van der Waals surface area (Å²) in [4.78, 5) is 18.4. The first kappa shape index (κ1) is 19.4. The van der Waals surface area contributed by atoms with Crippen molar-refractivity contribution in [1.82, 2.24) is 14.4 Å². The predicted octanol–water partition coefficient (Wildman–Crippen LogP) is 3.32. The van der Waals surface area contributed by atoms with Gasteiger partial charge in [0.15, 0.2) is 0 Å². The average molecular weight is 397 g/mol. The second-order valence-electron chi connectivity index (χ2n) is 7.35. The number of aryl methyl sites for hydroxylation is 2. The predicted molar refractivity (Wildman–Crippen MR) is 109 cm³/mol. The van der Waals surface area contributed by atoms with Crippen molar-refractivity contribution in [3.8, 4) is 28.1 Å². The van der Waals surface area contributed by atoms with E-state index in [4.69, 9.17) is 4.84 Å². The van der Waals surface area contributed by atoms with Crippen LogP contribution in [-0.2, 0) is 17.9 Å². The van der Waals surface area contributed by atoms with Crippen molar-refractivity contribution in [2.75, 3.05) is 20.2 Å². The van der Waals surface area contributed by atoms with Gasteiger partial charge in [-0.15, -0.1) is 0 Å². The Bertz CT molecular complexity index is 1090. The zero-order valence-corrected chi connectivity index (χ0v) is 16.8. The summed E-state index contributed by atoms with van der Waals surface area (Å²) in [6.45, 7) is 5.90. The van der Waals surface area contributed by atoms with Gasteiger partial charge in [-0.1, -0.05) is 24.3 Å². The van der Waals surface area contributed by atoms with Gasteiger partial charge >= 0.3 is 0 Å². The van der Waals surface area contributed by atoms with Crippen LogP contribution in [-0.4, -0.2) is 39.7 Å². The summed E-state index contributed by atoms with van der Waals surface area (Å²) < 4.78 is 16.5. The molecule has 0 saturated heterocycles. The van der Waals surface area contributed by atoms with Gasteiger partial charge in [-0.05, 0) is 53.8 Å². The second-order valence-corrected chi connectivity index (χ2v) is 7.35. The molecule has 1 N–H and O–H groups in total. The number of hydroxylamine groups is 2. The number of nitrogens with zero attached hydrogens (tertiary/aromatic N) is 3. The maximum Gasteiger partial charge on any atom is 0.278 e. The van der Waals surface area contributed by atoms with Gasteiger partial charge in [-0.25, -0.2) is 13.8 Å². The number of benzene rings is 2. The number of halogens is 1. The quantitative estimate of drug-likeness (QED) is 0.737. The molecule has 0 amide bonds. The van der Waals surface area contributed by atoms with Crippen molar-refractivity contribution < 1.29 is 14.3 Å². The Kier molecular flexibility index (Phi) is 5.02. The van der Waals surface area contributed by atoms with E-state index < -0.39 is 0 Å². The molecular weight excluding hydrogens is 373 g/mol. The van der Waals surface area contributed by atoms with E-state index >= 15 is 0 Å². The van der Waals surface area contributed by atoms with Crippen LogP contribution in [0.4, 0.5) is 4.39 Å². The Hall–Kier alpha value is -2.90. The zero-order chi connectivity index (χ0) is 20.7. The molecule has 0 aliphatic carbocycles. The van der Waals surface area contributed by atoms with Crippen LogP contribution in [0, 0.1) is 19.7 Å². The first-order chi connectivity index (χ1) is 13.9. The summed E-state index contributed by atoms with van der Waals surface area (Å²) in [5.74, 6) is -0.298. The fraction of sp³-hybridized carbons (Fsp3) is 0.318. The molecule has 0 atom stereocenters. The molecule has 3 aromatic rings. The third-order valence-electron chi connectivity index (χ3n) is 5.55. The van der Waals surface area contributed by atoms with Crippen LogP contribution >= 0.6 is 0 Å². The fourth-order valence-electron chi connectivity index (χ4n) is 4.12. The Labute approximate surface area is 168 Å².